The topological polar surface area (TPSA) is 111 Å². The standard InChI is InChI=1S/C77H135N2O7P/c1-7-10-13-16-19-22-25-28-30-32-34-36-38-39-41-42-44-46-48-51-54-57-60-63-66-69-76(80)78-74(73-85-87(82,83)84-72-71-79(4,5)6)75(68-65-62-59-56-53-50-27-24-21-18-15-12-9-3)86-77(81)70-67-64-61-58-55-52-49-47-45-43-40-37-35-33-31-29-26-23-20-17-14-11-8-2/h11,14,19-20,22-23,28-31,34-37,43,45,49,52,65,68,74-75H,7-10,12-13,15-18,21,24-27,32-33,38-42,44,46-48,50-51,53-64,66-67,69-73H2,1-6H3,(H-,78,80,82,83)/p+1/b14-11-,22-19-,23-20-,30-28-,31-29-,36-34-,37-35-,45-43-,52-49-,68-65+. The van der Waals surface area contributed by atoms with Gasteiger partial charge in [0.25, 0.3) is 0 Å². The van der Waals surface area contributed by atoms with E-state index in [4.69, 9.17) is 13.8 Å². The number of phosphoric ester groups is 1. The normalized spacial score (nSPS) is 14.2. The third-order valence-corrected chi connectivity index (χ3v) is 16.4. The van der Waals surface area contributed by atoms with Crippen molar-refractivity contribution < 1.29 is 37.3 Å². The average Bonchev–Trinajstić information content (AvgIpc) is 3.70. The van der Waals surface area contributed by atoms with Gasteiger partial charge in [0.05, 0.1) is 33.8 Å². The molecule has 10 heteroatoms. The van der Waals surface area contributed by atoms with Crippen LogP contribution in [-0.2, 0) is 27.9 Å². The number of carbonyl (C=O) groups excluding carboxylic acids is 2. The number of unbranched alkanes of at least 4 members (excludes halogenated alkanes) is 30. The minimum atomic E-state index is -4.47. The van der Waals surface area contributed by atoms with E-state index in [9.17, 15) is 19.0 Å². The number of amides is 1. The molecule has 0 aromatic rings. The van der Waals surface area contributed by atoms with Gasteiger partial charge in [-0.05, 0) is 122 Å². The zero-order valence-electron chi connectivity index (χ0n) is 57.2. The summed E-state index contributed by atoms with van der Waals surface area (Å²) >= 11 is 0. The summed E-state index contributed by atoms with van der Waals surface area (Å²) in [7, 11) is 1.47. The van der Waals surface area contributed by atoms with Gasteiger partial charge >= 0.3 is 13.8 Å². The van der Waals surface area contributed by atoms with E-state index < -0.39 is 20.0 Å². The minimum Gasteiger partial charge on any atom is -0.456 e. The molecule has 0 rings (SSSR count). The van der Waals surface area contributed by atoms with Gasteiger partial charge < -0.3 is 19.4 Å². The Hall–Kier alpha value is -3.59. The number of rotatable bonds is 64. The van der Waals surface area contributed by atoms with E-state index in [1.807, 2.05) is 33.3 Å². The van der Waals surface area contributed by atoms with Crippen molar-refractivity contribution in [2.24, 2.45) is 0 Å². The fourth-order valence-electron chi connectivity index (χ4n) is 9.89. The Balaban J connectivity index is 5.17. The van der Waals surface area contributed by atoms with Gasteiger partial charge in [-0.15, -0.1) is 0 Å². The lowest BCUT2D eigenvalue weighted by molar-refractivity contribution is -0.870. The molecule has 500 valence electrons. The Bertz CT molecular complexity index is 1900. The molecule has 0 aliphatic rings. The Morgan fingerprint density at radius 1 is 0.414 bits per heavy atom. The fraction of sp³-hybridized carbons (Fsp3) is 0.714. The molecule has 3 atom stereocenters. The number of nitrogens with zero attached hydrogens (tertiary/aromatic N) is 1. The highest BCUT2D eigenvalue weighted by molar-refractivity contribution is 7.47. The Morgan fingerprint density at radius 2 is 0.736 bits per heavy atom. The van der Waals surface area contributed by atoms with Gasteiger partial charge in [-0.1, -0.05) is 290 Å². The van der Waals surface area contributed by atoms with Crippen LogP contribution in [0.25, 0.3) is 0 Å². The highest BCUT2D eigenvalue weighted by Gasteiger charge is 2.30. The van der Waals surface area contributed by atoms with Crippen molar-refractivity contribution in [3.63, 3.8) is 0 Å². The number of allylic oxidation sites excluding steroid dienone is 19. The molecule has 3 unspecified atom stereocenters. The van der Waals surface area contributed by atoms with Gasteiger partial charge in [0.2, 0.25) is 5.91 Å². The molecule has 0 saturated carbocycles. The summed E-state index contributed by atoms with van der Waals surface area (Å²) in [5, 5.41) is 3.06. The predicted molar refractivity (Wildman–Crippen MR) is 378 cm³/mol. The van der Waals surface area contributed by atoms with Crippen LogP contribution >= 0.6 is 7.82 Å². The maximum atomic E-state index is 13.6. The number of carbonyl (C=O) groups is 2. The summed E-state index contributed by atoms with van der Waals surface area (Å²) in [6.45, 7) is 6.87. The number of quaternary nitrogens is 1. The second-order valence-corrected chi connectivity index (χ2v) is 26.5. The highest BCUT2D eigenvalue weighted by Crippen LogP contribution is 2.43. The summed E-state index contributed by atoms with van der Waals surface area (Å²) in [6, 6.07) is -0.870. The van der Waals surface area contributed by atoms with Gasteiger partial charge in [0.1, 0.15) is 19.3 Å². The van der Waals surface area contributed by atoms with E-state index in [1.165, 1.54) is 148 Å². The predicted octanol–water partition coefficient (Wildman–Crippen LogP) is 23.0. The SMILES string of the molecule is CC/C=C\C/C=C\C/C=C\C/C=C\C/C=C\C/C=C\CCCCCCC(=O)OC(/C=C/CCCCCCCCCCCCC)C(COP(=O)(O)OCC[N+](C)(C)C)NC(=O)CCCCCCCCCCCCCC/C=C\C/C=C\C/C=C\CCCCC. The molecule has 0 saturated heterocycles. The molecule has 0 radical (unpaired) electrons. The number of ether oxygens (including phenoxy) is 1. The molecule has 0 fully saturated rings. The van der Waals surface area contributed by atoms with Crippen molar-refractivity contribution in [2.45, 2.75) is 315 Å². The number of likely N-dealkylation sites (N-methyl/N-ethyl adjacent to an activating group) is 1. The number of hydrogen-bond acceptors (Lipinski definition) is 6. The second kappa shape index (κ2) is 65.4. The Kier molecular flexibility index (Phi) is 62.7. The molecule has 0 aromatic heterocycles. The van der Waals surface area contributed by atoms with Gasteiger partial charge in [-0.2, -0.15) is 0 Å². The molecule has 87 heavy (non-hydrogen) atoms. The van der Waals surface area contributed by atoms with Crippen molar-refractivity contribution in [3.8, 4) is 0 Å². The zero-order valence-corrected chi connectivity index (χ0v) is 58.1. The van der Waals surface area contributed by atoms with Gasteiger partial charge in [-0.25, -0.2) is 4.57 Å². The number of hydrogen-bond donors (Lipinski definition) is 2. The van der Waals surface area contributed by atoms with Crippen LogP contribution in [0.4, 0.5) is 0 Å². The summed E-state index contributed by atoms with van der Waals surface area (Å²) < 4.78 is 30.8. The van der Waals surface area contributed by atoms with Crippen LogP contribution in [-0.4, -0.2) is 74.3 Å². The van der Waals surface area contributed by atoms with Crippen LogP contribution in [0.3, 0.4) is 0 Å². The van der Waals surface area contributed by atoms with Crippen LogP contribution in [0.1, 0.15) is 303 Å². The maximum Gasteiger partial charge on any atom is 0.472 e. The number of phosphoric acid groups is 1. The van der Waals surface area contributed by atoms with Crippen molar-refractivity contribution in [2.75, 3.05) is 40.9 Å². The first-order valence-corrected chi connectivity index (χ1v) is 37.4. The molecule has 2 N–H and O–H groups in total. The first-order valence-electron chi connectivity index (χ1n) is 35.9. The maximum absolute atomic E-state index is 13.6. The van der Waals surface area contributed by atoms with Crippen molar-refractivity contribution in [3.05, 3.63) is 122 Å². The summed E-state index contributed by atoms with van der Waals surface area (Å²) in [4.78, 5) is 37.9. The second-order valence-electron chi connectivity index (χ2n) is 25.0. The monoisotopic (exact) mass is 1230 g/mol. The Labute approximate surface area is 537 Å². The molecular weight excluding hydrogens is 1100 g/mol. The number of esters is 1. The number of nitrogens with one attached hydrogen (secondary N) is 1. The van der Waals surface area contributed by atoms with Crippen LogP contribution < -0.4 is 5.32 Å². The molecule has 0 aromatic carbocycles. The summed E-state index contributed by atoms with van der Waals surface area (Å²) in [5.74, 6) is -0.536. The smallest absolute Gasteiger partial charge is 0.456 e. The molecule has 1 amide bonds. The van der Waals surface area contributed by atoms with Gasteiger partial charge in [-0.3, -0.25) is 18.6 Å². The van der Waals surface area contributed by atoms with Gasteiger partial charge in [0.15, 0.2) is 0 Å². The molecule has 9 nitrogen and oxygen atoms in total. The molecule has 0 heterocycles. The molecule has 0 spiro atoms. The van der Waals surface area contributed by atoms with E-state index in [2.05, 4.69) is 135 Å². The van der Waals surface area contributed by atoms with Crippen LogP contribution in [0.15, 0.2) is 122 Å². The van der Waals surface area contributed by atoms with Crippen LogP contribution in [0, 0.1) is 0 Å². The lowest BCUT2D eigenvalue weighted by atomic mass is 10.0. The highest BCUT2D eigenvalue weighted by atomic mass is 31.2. The van der Waals surface area contributed by atoms with Crippen LogP contribution in [0.5, 0.6) is 0 Å². The third kappa shape index (κ3) is 66.7. The first-order chi connectivity index (χ1) is 42.4. The molecule has 0 aliphatic heterocycles. The molecule has 0 bridgehead atoms. The quantitative estimate of drug-likeness (QED) is 0.0205. The Morgan fingerprint density at radius 3 is 1.13 bits per heavy atom. The fourth-order valence-corrected chi connectivity index (χ4v) is 10.6. The van der Waals surface area contributed by atoms with E-state index in [1.54, 1.807) is 0 Å². The van der Waals surface area contributed by atoms with Crippen LogP contribution in [0.2, 0.25) is 0 Å². The largest absolute Gasteiger partial charge is 0.472 e. The lowest BCUT2D eigenvalue weighted by Crippen LogP contribution is -2.47. The zero-order chi connectivity index (χ0) is 63.5. The van der Waals surface area contributed by atoms with Gasteiger partial charge in [0, 0.05) is 12.8 Å². The van der Waals surface area contributed by atoms with Crippen molar-refractivity contribution in [1.29, 1.82) is 0 Å². The van der Waals surface area contributed by atoms with Crippen molar-refractivity contribution >= 4 is 19.7 Å². The van der Waals surface area contributed by atoms with E-state index in [0.29, 0.717) is 23.9 Å². The first kappa shape index (κ1) is 83.4. The van der Waals surface area contributed by atoms with E-state index in [-0.39, 0.29) is 31.5 Å². The molecular formula is C77H136N2O7P+. The molecule has 0 aliphatic carbocycles. The summed E-state index contributed by atoms with van der Waals surface area (Å²) in [6.07, 6.45) is 92.0. The van der Waals surface area contributed by atoms with E-state index >= 15 is 0 Å². The summed E-state index contributed by atoms with van der Waals surface area (Å²) in [5.41, 5.74) is 0. The average molecular weight is 1230 g/mol. The third-order valence-electron chi connectivity index (χ3n) is 15.4. The minimum absolute atomic E-state index is 0.0299. The van der Waals surface area contributed by atoms with Crippen molar-refractivity contribution in [1.82, 2.24) is 5.32 Å². The van der Waals surface area contributed by atoms with E-state index in [0.717, 1.165) is 116 Å². The lowest BCUT2D eigenvalue weighted by Gasteiger charge is -2.27.